The molecule has 1 aliphatic rings. The summed E-state index contributed by atoms with van der Waals surface area (Å²) in [5.41, 5.74) is 4.20. The summed E-state index contributed by atoms with van der Waals surface area (Å²) < 4.78 is 7.76. The van der Waals surface area contributed by atoms with Gasteiger partial charge in [-0.3, -0.25) is 0 Å². The van der Waals surface area contributed by atoms with Crippen LogP contribution >= 0.6 is 0 Å². The third kappa shape index (κ3) is 3.29. The van der Waals surface area contributed by atoms with Gasteiger partial charge in [0.2, 0.25) is 0 Å². The fourth-order valence-corrected chi connectivity index (χ4v) is 3.62. The average Bonchev–Trinajstić information content (AvgIpc) is 3.45. The molecule has 2 heterocycles. The molecule has 1 aliphatic carbocycles. The average molecular weight is 362 g/mol. The van der Waals surface area contributed by atoms with E-state index in [2.05, 4.69) is 59.6 Å². The van der Waals surface area contributed by atoms with E-state index >= 15 is 0 Å². The molecule has 4 rings (SSSR count). The van der Waals surface area contributed by atoms with Gasteiger partial charge in [-0.15, -0.1) is 0 Å². The number of anilines is 1. The quantitative estimate of drug-likeness (QED) is 0.645. The van der Waals surface area contributed by atoms with Crippen LogP contribution in [0.4, 0.5) is 5.82 Å². The van der Waals surface area contributed by atoms with Crippen LogP contribution in [0.1, 0.15) is 31.2 Å². The van der Waals surface area contributed by atoms with Gasteiger partial charge in [-0.25, -0.2) is 9.97 Å². The number of ether oxygens (including phenoxy) is 1. The third-order valence-electron chi connectivity index (χ3n) is 5.16. The molecule has 0 radical (unpaired) electrons. The minimum atomic E-state index is 0.730. The zero-order valence-electron chi connectivity index (χ0n) is 16.4. The van der Waals surface area contributed by atoms with E-state index in [0.29, 0.717) is 0 Å². The van der Waals surface area contributed by atoms with Crippen molar-refractivity contribution in [3.63, 3.8) is 0 Å². The van der Waals surface area contributed by atoms with Crippen molar-refractivity contribution < 1.29 is 4.74 Å². The van der Waals surface area contributed by atoms with Crippen molar-refractivity contribution in [1.82, 2.24) is 14.5 Å². The molecule has 0 bridgehead atoms. The van der Waals surface area contributed by atoms with Crippen LogP contribution in [-0.4, -0.2) is 28.2 Å². The predicted octanol–water partition coefficient (Wildman–Crippen LogP) is 4.56. The van der Waals surface area contributed by atoms with Crippen molar-refractivity contribution in [2.24, 2.45) is 13.0 Å². The first kappa shape index (κ1) is 17.6. The number of pyridine rings is 1. The van der Waals surface area contributed by atoms with Crippen LogP contribution in [0.3, 0.4) is 0 Å². The minimum absolute atomic E-state index is 0.730. The summed E-state index contributed by atoms with van der Waals surface area (Å²) in [4.78, 5) is 11.9. The molecule has 3 aromatic rings. The largest absolute Gasteiger partial charge is 0.494 e. The first-order valence-corrected chi connectivity index (χ1v) is 9.48. The molecule has 1 fully saturated rings. The maximum atomic E-state index is 5.63. The van der Waals surface area contributed by atoms with Crippen molar-refractivity contribution in [3.05, 3.63) is 54.0 Å². The Balaban J connectivity index is 1.85. The van der Waals surface area contributed by atoms with Crippen LogP contribution in [0.15, 0.2) is 42.6 Å². The third-order valence-corrected chi connectivity index (χ3v) is 5.16. The Hall–Kier alpha value is -2.82. The first-order valence-electron chi connectivity index (χ1n) is 9.48. The van der Waals surface area contributed by atoms with E-state index in [9.17, 15) is 0 Å². The Kier molecular flexibility index (Phi) is 4.60. The summed E-state index contributed by atoms with van der Waals surface area (Å²) in [6.07, 6.45) is 6.56. The number of hydrogen-bond donors (Lipinski definition) is 0. The Bertz CT molecular complexity index is 986. The van der Waals surface area contributed by atoms with E-state index in [1.807, 2.05) is 18.3 Å². The molecule has 0 amide bonds. The minimum Gasteiger partial charge on any atom is -0.494 e. The molecular weight excluding hydrogens is 336 g/mol. The summed E-state index contributed by atoms with van der Waals surface area (Å²) in [6, 6.07) is 10.2. The number of hydrogen-bond acceptors (Lipinski definition) is 4. The van der Waals surface area contributed by atoms with Gasteiger partial charge in [0, 0.05) is 19.8 Å². The van der Waals surface area contributed by atoms with Gasteiger partial charge in [-0.2, -0.15) is 0 Å². The van der Waals surface area contributed by atoms with E-state index in [0.717, 1.165) is 52.1 Å². The van der Waals surface area contributed by atoms with Gasteiger partial charge in [-0.05, 0) is 62.4 Å². The number of aromatic nitrogens is 3. The van der Waals surface area contributed by atoms with E-state index in [1.54, 1.807) is 7.11 Å². The molecule has 5 nitrogen and oxygen atoms in total. The molecule has 1 saturated carbocycles. The second-order valence-corrected chi connectivity index (χ2v) is 7.25. The van der Waals surface area contributed by atoms with E-state index < -0.39 is 0 Å². The van der Waals surface area contributed by atoms with Crippen LogP contribution in [-0.2, 0) is 7.05 Å². The maximum absolute atomic E-state index is 5.63. The smallest absolute Gasteiger partial charge is 0.157 e. The van der Waals surface area contributed by atoms with Crippen molar-refractivity contribution in [3.8, 4) is 5.75 Å². The molecule has 1 aromatic carbocycles. The van der Waals surface area contributed by atoms with Crippen LogP contribution < -0.4 is 9.64 Å². The second kappa shape index (κ2) is 7.06. The van der Waals surface area contributed by atoms with Gasteiger partial charge in [0.05, 0.1) is 18.3 Å². The predicted molar refractivity (Wildman–Crippen MR) is 110 cm³/mol. The number of methoxy groups -OCH3 is 1. The lowest BCUT2D eigenvalue weighted by molar-refractivity contribution is 0.417. The molecule has 140 valence electrons. The Labute approximate surface area is 160 Å². The topological polar surface area (TPSA) is 43.2 Å². The van der Waals surface area contributed by atoms with Crippen molar-refractivity contribution in [1.29, 1.82) is 0 Å². The Morgan fingerprint density at radius 2 is 2.15 bits per heavy atom. The molecule has 0 saturated heterocycles. The molecule has 0 atom stereocenters. The van der Waals surface area contributed by atoms with Gasteiger partial charge in [0.15, 0.2) is 5.82 Å². The zero-order valence-corrected chi connectivity index (χ0v) is 16.4. The monoisotopic (exact) mass is 362 g/mol. The second-order valence-electron chi connectivity index (χ2n) is 7.25. The molecule has 0 N–H and O–H groups in total. The first-order chi connectivity index (χ1) is 13.1. The molecule has 0 unspecified atom stereocenters. The summed E-state index contributed by atoms with van der Waals surface area (Å²) in [6.45, 7) is 5.11. The lowest BCUT2D eigenvalue weighted by atomic mass is 10.2. The highest BCUT2D eigenvalue weighted by Gasteiger charge is 2.29. The Morgan fingerprint density at radius 1 is 1.33 bits per heavy atom. The number of allylic oxidation sites excluding steroid dienone is 1. The lowest BCUT2D eigenvalue weighted by Gasteiger charge is -2.26. The summed E-state index contributed by atoms with van der Waals surface area (Å²) in [5, 5.41) is 0. The molecule has 0 aliphatic heterocycles. The normalized spacial score (nSPS) is 14.6. The number of imidazole rings is 1. The number of benzene rings is 1. The zero-order chi connectivity index (χ0) is 19.0. The maximum Gasteiger partial charge on any atom is 0.157 e. The summed E-state index contributed by atoms with van der Waals surface area (Å²) >= 11 is 0. The molecular formula is C22H26N4O. The standard InChI is InChI=1S/C22H26N4O/c1-5-18(26(14-16-9-10-16)20-8-6-7-11-23-20)22-24-17-12-15(2)13-19(27-4)21(17)25(22)3/h5-8,11-13,16H,9-10,14H2,1-4H3/b18-5-. The van der Waals surface area contributed by atoms with Gasteiger partial charge < -0.3 is 14.2 Å². The molecule has 27 heavy (non-hydrogen) atoms. The van der Waals surface area contributed by atoms with Gasteiger partial charge >= 0.3 is 0 Å². The van der Waals surface area contributed by atoms with E-state index in [1.165, 1.54) is 12.8 Å². The number of rotatable bonds is 6. The van der Waals surface area contributed by atoms with Crippen LogP contribution in [0.5, 0.6) is 5.75 Å². The lowest BCUT2D eigenvalue weighted by Crippen LogP contribution is -2.26. The number of fused-ring (bicyclic) bond motifs is 1. The van der Waals surface area contributed by atoms with E-state index in [-0.39, 0.29) is 0 Å². The van der Waals surface area contributed by atoms with Crippen molar-refractivity contribution in [2.75, 3.05) is 18.6 Å². The highest BCUT2D eigenvalue weighted by atomic mass is 16.5. The fraction of sp³-hybridized carbons (Fsp3) is 0.364. The summed E-state index contributed by atoms with van der Waals surface area (Å²) in [7, 11) is 3.77. The SMILES string of the molecule is C/C=C(/c1nc2cc(C)cc(OC)c2n1C)N(CC1CC1)c1ccccn1. The molecule has 0 spiro atoms. The van der Waals surface area contributed by atoms with Crippen LogP contribution in [0.25, 0.3) is 16.7 Å². The van der Waals surface area contributed by atoms with E-state index in [4.69, 9.17) is 9.72 Å². The number of aryl methyl sites for hydroxylation is 2. The van der Waals surface area contributed by atoms with Crippen LogP contribution in [0.2, 0.25) is 0 Å². The molecule has 5 heteroatoms. The van der Waals surface area contributed by atoms with Gasteiger partial charge in [0.25, 0.3) is 0 Å². The number of nitrogens with zero attached hydrogens (tertiary/aromatic N) is 4. The summed E-state index contributed by atoms with van der Waals surface area (Å²) in [5.74, 6) is 3.48. The van der Waals surface area contributed by atoms with Gasteiger partial charge in [0.1, 0.15) is 17.1 Å². The van der Waals surface area contributed by atoms with Crippen molar-refractivity contribution in [2.45, 2.75) is 26.7 Å². The van der Waals surface area contributed by atoms with Crippen LogP contribution in [0, 0.1) is 12.8 Å². The van der Waals surface area contributed by atoms with Gasteiger partial charge in [-0.1, -0.05) is 12.1 Å². The fourth-order valence-electron chi connectivity index (χ4n) is 3.62. The highest BCUT2D eigenvalue weighted by molar-refractivity contribution is 5.88. The van der Waals surface area contributed by atoms with Crippen molar-refractivity contribution >= 4 is 22.5 Å². The molecule has 2 aromatic heterocycles. The highest BCUT2D eigenvalue weighted by Crippen LogP contribution is 2.36. The Morgan fingerprint density at radius 3 is 2.78 bits per heavy atom.